The molecule has 0 saturated carbocycles. The molecule has 1 heterocycles. The third-order valence-electron chi connectivity index (χ3n) is 4.65. The number of thioether (sulfide) groups is 1. The number of imide groups is 1. The zero-order chi connectivity index (χ0) is 22.9. The minimum absolute atomic E-state index is 0.00461. The summed E-state index contributed by atoms with van der Waals surface area (Å²) in [6.45, 7) is 1.90. The number of alkyl halides is 3. The van der Waals surface area contributed by atoms with E-state index in [9.17, 15) is 22.8 Å². The summed E-state index contributed by atoms with van der Waals surface area (Å²) >= 11 is 1.14. The molecule has 0 fully saturated rings. The molecule has 0 saturated heterocycles. The van der Waals surface area contributed by atoms with Gasteiger partial charge in [0, 0.05) is 11.0 Å². The van der Waals surface area contributed by atoms with Crippen LogP contribution in [0.4, 0.5) is 18.9 Å². The van der Waals surface area contributed by atoms with Crippen molar-refractivity contribution in [2.24, 2.45) is 0 Å². The molecule has 3 aromatic rings. The van der Waals surface area contributed by atoms with Crippen LogP contribution in [-0.2, 0) is 9.59 Å². The molecule has 4 nitrogen and oxygen atoms in total. The lowest BCUT2D eigenvalue weighted by Crippen LogP contribution is -2.31. The number of ether oxygens (including phenoxy) is 1. The molecule has 0 aromatic heterocycles. The van der Waals surface area contributed by atoms with Crippen molar-refractivity contribution < 1.29 is 27.5 Å². The molecular weight excluding hydrogens is 439 g/mol. The molecule has 32 heavy (non-hydrogen) atoms. The number of carbonyl (C=O) groups excluding carboxylic acids is 2. The molecule has 8 heteroatoms. The lowest BCUT2D eigenvalue weighted by Gasteiger charge is -2.17. The first-order chi connectivity index (χ1) is 15.2. The van der Waals surface area contributed by atoms with Crippen molar-refractivity contribution in [1.29, 1.82) is 0 Å². The fourth-order valence-electron chi connectivity index (χ4n) is 3.24. The zero-order valence-electron chi connectivity index (χ0n) is 16.7. The Labute approximate surface area is 186 Å². The van der Waals surface area contributed by atoms with Gasteiger partial charge in [-0.25, -0.2) is 4.90 Å². The largest absolute Gasteiger partial charge is 0.573 e. The van der Waals surface area contributed by atoms with Crippen LogP contribution >= 0.6 is 11.8 Å². The van der Waals surface area contributed by atoms with E-state index < -0.39 is 23.9 Å². The summed E-state index contributed by atoms with van der Waals surface area (Å²) in [5.41, 5.74) is 1.73. The molecular formula is C24H16F3NO3S. The first kappa shape index (κ1) is 21.7. The van der Waals surface area contributed by atoms with Gasteiger partial charge in [-0.15, -0.1) is 13.2 Å². The van der Waals surface area contributed by atoms with E-state index in [0.717, 1.165) is 39.3 Å². The number of amides is 2. The quantitative estimate of drug-likeness (QED) is 0.445. The topological polar surface area (TPSA) is 46.6 Å². The Hall–Kier alpha value is -3.52. The highest BCUT2D eigenvalue weighted by atomic mass is 32.2. The number of anilines is 1. The SMILES string of the molecule is Cc1ccc(C2=C(Sc3ccccc3)C(=O)N(c3cccc(OC(F)(F)F)c3)C2=O)cc1. The van der Waals surface area contributed by atoms with Gasteiger partial charge < -0.3 is 4.74 Å². The Bertz CT molecular complexity index is 1210. The molecule has 162 valence electrons. The molecule has 0 N–H and O–H groups in total. The fourth-order valence-corrected chi connectivity index (χ4v) is 4.25. The number of benzene rings is 3. The van der Waals surface area contributed by atoms with E-state index in [0.29, 0.717) is 5.56 Å². The maximum Gasteiger partial charge on any atom is 0.573 e. The maximum atomic E-state index is 13.4. The average molecular weight is 455 g/mol. The number of carbonyl (C=O) groups is 2. The predicted octanol–water partition coefficient (Wildman–Crippen LogP) is 5.97. The number of hydrogen-bond donors (Lipinski definition) is 0. The summed E-state index contributed by atoms with van der Waals surface area (Å²) in [6, 6.07) is 21.0. The highest BCUT2D eigenvalue weighted by Gasteiger charge is 2.41. The van der Waals surface area contributed by atoms with Crippen molar-refractivity contribution >= 4 is 34.8 Å². The smallest absolute Gasteiger partial charge is 0.406 e. The van der Waals surface area contributed by atoms with Crippen molar-refractivity contribution in [2.45, 2.75) is 18.2 Å². The van der Waals surface area contributed by atoms with Gasteiger partial charge in [0.05, 0.1) is 16.2 Å². The summed E-state index contributed by atoms with van der Waals surface area (Å²) in [4.78, 5) is 28.5. The van der Waals surface area contributed by atoms with Crippen molar-refractivity contribution in [3.05, 3.63) is 94.9 Å². The predicted molar refractivity (Wildman–Crippen MR) is 116 cm³/mol. The molecule has 1 aliphatic heterocycles. The molecule has 0 bridgehead atoms. The van der Waals surface area contributed by atoms with Crippen molar-refractivity contribution in [2.75, 3.05) is 4.90 Å². The number of halogens is 3. The van der Waals surface area contributed by atoms with Gasteiger partial charge >= 0.3 is 6.36 Å². The second kappa shape index (κ2) is 8.55. The van der Waals surface area contributed by atoms with Crippen LogP contribution < -0.4 is 9.64 Å². The maximum absolute atomic E-state index is 13.4. The molecule has 3 aromatic carbocycles. The van der Waals surface area contributed by atoms with Crippen LogP contribution in [0.2, 0.25) is 0 Å². The summed E-state index contributed by atoms with van der Waals surface area (Å²) < 4.78 is 41.9. The molecule has 4 rings (SSSR count). The van der Waals surface area contributed by atoms with Gasteiger partial charge in [0.1, 0.15) is 5.75 Å². The highest BCUT2D eigenvalue weighted by molar-refractivity contribution is 8.04. The van der Waals surface area contributed by atoms with E-state index in [1.807, 2.05) is 49.4 Å². The highest BCUT2D eigenvalue weighted by Crippen LogP contribution is 2.42. The first-order valence-corrected chi connectivity index (χ1v) is 10.3. The Kier molecular flexibility index (Phi) is 5.80. The molecule has 0 unspecified atom stereocenters. The summed E-state index contributed by atoms with van der Waals surface area (Å²) in [6.07, 6.45) is -4.89. The van der Waals surface area contributed by atoms with E-state index in [4.69, 9.17) is 0 Å². The van der Waals surface area contributed by atoms with Gasteiger partial charge in [0.2, 0.25) is 0 Å². The molecule has 0 radical (unpaired) electrons. The fraction of sp³-hybridized carbons (Fsp3) is 0.0833. The van der Waals surface area contributed by atoms with E-state index in [2.05, 4.69) is 4.74 Å². The van der Waals surface area contributed by atoms with Crippen molar-refractivity contribution in [3.63, 3.8) is 0 Å². The lowest BCUT2D eigenvalue weighted by atomic mass is 10.0. The van der Waals surface area contributed by atoms with Crippen LogP contribution in [0.25, 0.3) is 5.57 Å². The van der Waals surface area contributed by atoms with Gasteiger partial charge in [-0.1, -0.05) is 65.9 Å². The second-order valence-electron chi connectivity index (χ2n) is 6.98. The molecule has 0 aliphatic carbocycles. The minimum Gasteiger partial charge on any atom is -0.406 e. The van der Waals surface area contributed by atoms with Gasteiger partial charge in [-0.05, 0) is 36.8 Å². The second-order valence-corrected chi connectivity index (χ2v) is 8.06. The Balaban J connectivity index is 1.77. The zero-order valence-corrected chi connectivity index (χ0v) is 17.5. The average Bonchev–Trinajstić information content (AvgIpc) is 2.98. The molecule has 1 aliphatic rings. The number of hydrogen-bond acceptors (Lipinski definition) is 4. The van der Waals surface area contributed by atoms with Gasteiger partial charge in [0.25, 0.3) is 11.8 Å². The monoisotopic (exact) mass is 455 g/mol. The Morgan fingerprint density at radius 3 is 2.19 bits per heavy atom. The third-order valence-corrected chi connectivity index (χ3v) is 5.74. The summed E-state index contributed by atoms with van der Waals surface area (Å²) in [5.74, 6) is -1.73. The van der Waals surface area contributed by atoms with Gasteiger partial charge in [-0.3, -0.25) is 9.59 Å². The van der Waals surface area contributed by atoms with Gasteiger partial charge in [-0.2, -0.15) is 0 Å². The standard InChI is InChI=1S/C24H16F3NO3S/c1-15-10-12-16(13-11-15)20-21(32-19-8-3-2-4-9-19)23(30)28(22(20)29)17-6-5-7-18(14-17)31-24(25,26)27/h2-14H,1H3. The van der Waals surface area contributed by atoms with Crippen LogP contribution in [0.5, 0.6) is 5.75 Å². The van der Waals surface area contributed by atoms with Crippen LogP contribution in [0.1, 0.15) is 11.1 Å². The number of rotatable bonds is 5. The van der Waals surface area contributed by atoms with Crippen LogP contribution in [0.15, 0.2) is 88.7 Å². The summed E-state index contributed by atoms with van der Waals surface area (Å²) in [7, 11) is 0. The summed E-state index contributed by atoms with van der Waals surface area (Å²) in [5, 5.41) is 0. The van der Waals surface area contributed by atoms with E-state index in [-0.39, 0.29) is 16.2 Å². The van der Waals surface area contributed by atoms with E-state index in [1.165, 1.54) is 12.1 Å². The first-order valence-electron chi connectivity index (χ1n) is 9.52. The van der Waals surface area contributed by atoms with Crippen LogP contribution in [0, 0.1) is 6.92 Å². The molecule has 2 amide bonds. The van der Waals surface area contributed by atoms with E-state index >= 15 is 0 Å². The Morgan fingerprint density at radius 2 is 1.53 bits per heavy atom. The Morgan fingerprint density at radius 1 is 0.844 bits per heavy atom. The molecule has 0 spiro atoms. The lowest BCUT2D eigenvalue weighted by molar-refractivity contribution is -0.274. The number of aryl methyl sites for hydroxylation is 1. The molecule has 0 atom stereocenters. The minimum atomic E-state index is -4.89. The third kappa shape index (κ3) is 4.55. The van der Waals surface area contributed by atoms with Gasteiger partial charge in [0.15, 0.2) is 0 Å². The van der Waals surface area contributed by atoms with Crippen molar-refractivity contribution in [1.82, 2.24) is 0 Å². The van der Waals surface area contributed by atoms with Crippen LogP contribution in [0.3, 0.4) is 0 Å². The normalized spacial score (nSPS) is 14.3. The number of nitrogens with zero attached hydrogens (tertiary/aromatic N) is 1. The van der Waals surface area contributed by atoms with Crippen molar-refractivity contribution in [3.8, 4) is 5.75 Å². The van der Waals surface area contributed by atoms with Crippen LogP contribution in [-0.4, -0.2) is 18.2 Å². The van der Waals surface area contributed by atoms with E-state index in [1.54, 1.807) is 12.1 Å².